The lowest BCUT2D eigenvalue weighted by Gasteiger charge is -2.24. The molecule has 0 saturated heterocycles. The van der Waals surface area contributed by atoms with E-state index in [0.717, 1.165) is 27.9 Å². The van der Waals surface area contributed by atoms with Crippen LogP contribution in [0.3, 0.4) is 0 Å². The van der Waals surface area contributed by atoms with E-state index in [2.05, 4.69) is 10.6 Å². The number of para-hydroxylation sites is 1. The van der Waals surface area contributed by atoms with Gasteiger partial charge in [0.25, 0.3) is 0 Å². The number of alkyl halides is 3. The number of hydrogen-bond acceptors (Lipinski definition) is 3. The third-order valence-corrected chi connectivity index (χ3v) is 6.34. The molecule has 0 aliphatic heterocycles. The van der Waals surface area contributed by atoms with E-state index in [9.17, 15) is 22.8 Å². The van der Waals surface area contributed by atoms with Gasteiger partial charge in [0.05, 0.1) is 22.6 Å². The van der Waals surface area contributed by atoms with Crippen LogP contribution < -0.4 is 10.6 Å². The van der Waals surface area contributed by atoms with Crippen LogP contribution in [0.1, 0.15) is 43.2 Å². The van der Waals surface area contributed by atoms with Gasteiger partial charge in [0.15, 0.2) is 0 Å². The molecule has 7 nitrogen and oxygen atoms in total. The molecule has 0 aliphatic rings. The van der Waals surface area contributed by atoms with Crippen LogP contribution >= 0.6 is 0 Å². The molecule has 2 N–H and O–H groups in total. The molecule has 3 aromatic carbocycles. The molecule has 4 rings (SSSR count). The SMILES string of the molecule is Cc1ccc(-n2nc(C(C)(C)C)cc2NC(=O)CN(Cc2ccccc2)C(=O)Nc2ccccc2C(F)(F)F)cc1. The Labute approximate surface area is 237 Å². The van der Waals surface area contributed by atoms with Gasteiger partial charge < -0.3 is 15.5 Å². The highest BCUT2D eigenvalue weighted by Gasteiger charge is 2.34. The minimum Gasteiger partial charge on any atom is -0.311 e. The summed E-state index contributed by atoms with van der Waals surface area (Å²) in [7, 11) is 0. The van der Waals surface area contributed by atoms with Crippen molar-refractivity contribution < 1.29 is 22.8 Å². The van der Waals surface area contributed by atoms with Crippen molar-refractivity contribution in [3.8, 4) is 5.69 Å². The number of aromatic nitrogens is 2. The molecule has 0 aliphatic carbocycles. The summed E-state index contributed by atoms with van der Waals surface area (Å²) in [6.07, 6.45) is -4.66. The summed E-state index contributed by atoms with van der Waals surface area (Å²) in [6.45, 7) is 7.56. The highest BCUT2D eigenvalue weighted by Crippen LogP contribution is 2.34. The number of halogens is 3. The number of urea groups is 1. The summed E-state index contributed by atoms with van der Waals surface area (Å²) in [4.78, 5) is 27.8. The fourth-order valence-corrected chi connectivity index (χ4v) is 4.11. The van der Waals surface area contributed by atoms with Crippen molar-refractivity contribution in [2.24, 2.45) is 0 Å². The van der Waals surface area contributed by atoms with E-state index in [-0.39, 0.29) is 12.0 Å². The maximum atomic E-state index is 13.5. The molecule has 214 valence electrons. The van der Waals surface area contributed by atoms with Crippen molar-refractivity contribution in [1.82, 2.24) is 14.7 Å². The molecule has 0 fully saturated rings. The van der Waals surface area contributed by atoms with Gasteiger partial charge >= 0.3 is 12.2 Å². The second kappa shape index (κ2) is 11.9. The lowest BCUT2D eigenvalue weighted by molar-refractivity contribution is -0.137. The molecule has 0 saturated carbocycles. The molecule has 41 heavy (non-hydrogen) atoms. The lowest BCUT2D eigenvalue weighted by Crippen LogP contribution is -2.40. The number of nitrogens with zero attached hydrogens (tertiary/aromatic N) is 3. The zero-order valence-corrected chi connectivity index (χ0v) is 23.3. The van der Waals surface area contributed by atoms with E-state index >= 15 is 0 Å². The highest BCUT2D eigenvalue weighted by atomic mass is 19.4. The molecule has 4 aromatic rings. The number of anilines is 2. The van der Waals surface area contributed by atoms with Crippen molar-refractivity contribution >= 4 is 23.4 Å². The number of carbonyl (C=O) groups excluding carboxylic acids is 2. The number of amides is 3. The molecular formula is C31H32F3N5O2. The Morgan fingerprint density at radius 3 is 2.15 bits per heavy atom. The summed E-state index contributed by atoms with van der Waals surface area (Å²) < 4.78 is 42.3. The van der Waals surface area contributed by atoms with Crippen LogP contribution in [0.25, 0.3) is 5.69 Å². The minimum atomic E-state index is -4.66. The Morgan fingerprint density at radius 1 is 0.878 bits per heavy atom. The summed E-state index contributed by atoms with van der Waals surface area (Å²) in [5, 5.41) is 9.90. The predicted octanol–water partition coefficient (Wildman–Crippen LogP) is 7.17. The van der Waals surface area contributed by atoms with Crippen LogP contribution in [-0.2, 0) is 22.9 Å². The fourth-order valence-electron chi connectivity index (χ4n) is 4.11. The molecule has 1 aromatic heterocycles. The van der Waals surface area contributed by atoms with Crippen LogP contribution in [-0.4, -0.2) is 33.2 Å². The lowest BCUT2D eigenvalue weighted by atomic mass is 9.92. The van der Waals surface area contributed by atoms with Gasteiger partial charge in [-0.25, -0.2) is 9.48 Å². The Morgan fingerprint density at radius 2 is 1.51 bits per heavy atom. The van der Waals surface area contributed by atoms with Gasteiger partial charge in [-0.2, -0.15) is 18.3 Å². The van der Waals surface area contributed by atoms with Crippen LogP contribution in [0.2, 0.25) is 0 Å². The Bertz CT molecular complexity index is 1510. The van der Waals surface area contributed by atoms with Crippen molar-refractivity contribution in [3.05, 3.63) is 107 Å². The van der Waals surface area contributed by atoms with Gasteiger partial charge in [-0.15, -0.1) is 0 Å². The largest absolute Gasteiger partial charge is 0.418 e. The molecule has 0 bridgehead atoms. The number of hydrogen-bond donors (Lipinski definition) is 2. The molecule has 0 atom stereocenters. The van der Waals surface area contributed by atoms with E-state index in [0.29, 0.717) is 11.4 Å². The van der Waals surface area contributed by atoms with Gasteiger partial charge in [0, 0.05) is 18.0 Å². The first-order valence-electron chi connectivity index (χ1n) is 13.0. The van der Waals surface area contributed by atoms with Crippen LogP contribution in [0.15, 0.2) is 84.9 Å². The summed E-state index contributed by atoms with van der Waals surface area (Å²) in [6, 6.07) is 22.2. The van der Waals surface area contributed by atoms with Gasteiger partial charge in [0.1, 0.15) is 12.4 Å². The van der Waals surface area contributed by atoms with Crippen molar-refractivity contribution in [3.63, 3.8) is 0 Å². The second-order valence-electron chi connectivity index (χ2n) is 10.8. The summed E-state index contributed by atoms with van der Waals surface area (Å²) in [5.41, 5.74) is 1.59. The Balaban J connectivity index is 1.61. The monoisotopic (exact) mass is 563 g/mol. The number of rotatable bonds is 7. The third-order valence-electron chi connectivity index (χ3n) is 6.34. The molecular weight excluding hydrogens is 531 g/mol. The van der Waals surface area contributed by atoms with Crippen LogP contribution in [0.4, 0.5) is 29.5 Å². The highest BCUT2D eigenvalue weighted by molar-refractivity contribution is 5.97. The van der Waals surface area contributed by atoms with Gasteiger partial charge in [-0.05, 0) is 36.8 Å². The van der Waals surface area contributed by atoms with Crippen LogP contribution in [0, 0.1) is 6.92 Å². The van der Waals surface area contributed by atoms with Gasteiger partial charge in [-0.1, -0.05) is 80.9 Å². The second-order valence-corrected chi connectivity index (χ2v) is 10.8. The minimum absolute atomic E-state index is 0.00125. The number of benzene rings is 3. The average molecular weight is 564 g/mol. The van der Waals surface area contributed by atoms with E-state index < -0.39 is 35.9 Å². The average Bonchev–Trinajstić information content (AvgIpc) is 3.33. The Kier molecular flexibility index (Phi) is 8.51. The molecule has 0 unspecified atom stereocenters. The van der Waals surface area contributed by atoms with Crippen molar-refractivity contribution in [2.75, 3.05) is 17.2 Å². The fraction of sp³-hybridized carbons (Fsp3) is 0.258. The van der Waals surface area contributed by atoms with E-state index in [4.69, 9.17) is 5.10 Å². The quantitative estimate of drug-likeness (QED) is 0.250. The van der Waals surface area contributed by atoms with E-state index in [1.165, 1.54) is 18.2 Å². The smallest absolute Gasteiger partial charge is 0.311 e. The molecule has 1 heterocycles. The maximum Gasteiger partial charge on any atom is 0.418 e. The predicted molar refractivity (Wildman–Crippen MR) is 153 cm³/mol. The third kappa shape index (κ3) is 7.53. The standard InChI is InChI=1S/C31H32F3N5O2/c1-21-14-16-23(17-15-21)39-27(18-26(37-39)30(2,3)4)36-28(40)20-38(19-22-10-6-5-7-11-22)29(41)35-25-13-9-8-12-24(25)31(32,33)34/h5-18H,19-20H2,1-4H3,(H,35,41)(H,36,40). The van der Waals surface area contributed by atoms with Crippen molar-refractivity contribution in [2.45, 2.75) is 45.8 Å². The maximum absolute atomic E-state index is 13.5. The normalized spacial score (nSPS) is 11.7. The zero-order valence-electron chi connectivity index (χ0n) is 23.3. The topological polar surface area (TPSA) is 79.3 Å². The molecule has 10 heteroatoms. The number of nitrogens with one attached hydrogen (secondary N) is 2. The number of aryl methyl sites for hydroxylation is 1. The zero-order chi connectivity index (χ0) is 29.8. The number of carbonyl (C=O) groups is 2. The van der Waals surface area contributed by atoms with E-state index in [1.807, 2.05) is 52.0 Å². The molecule has 3 amide bonds. The summed E-state index contributed by atoms with van der Waals surface area (Å²) in [5.74, 6) is -0.125. The first-order valence-corrected chi connectivity index (χ1v) is 13.0. The van der Waals surface area contributed by atoms with E-state index in [1.54, 1.807) is 41.1 Å². The molecule has 0 radical (unpaired) electrons. The molecule has 0 spiro atoms. The van der Waals surface area contributed by atoms with Gasteiger partial charge in [-0.3, -0.25) is 4.79 Å². The van der Waals surface area contributed by atoms with Crippen LogP contribution in [0.5, 0.6) is 0 Å². The van der Waals surface area contributed by atoms with Crippen molar-refractivity contribution in [1.29, 1.82) is 0 Å². The first-order chi connectivity index (χ1) is 19.3. The summed E-state index contributed by atoms with van der Waals surface area (Å²) >= 11 is 0. The Hall–Kier alpha value is -4.60. The van der Waals surface area contributed by atoms with Gasteiger partial charge in [0.2, 0.25) is 5.91 Å². The first kappa shape index (κ1) is 29.4.